The number of aryl methyl sites for hydroxylation is 3. The molecule has 2 aromatic rings. The monoisotopic (exact) mass is 345 g/mol. The van der Waals surface area contributed by atoms with E-state index in [1.807, 2.05) is 13.8 Å². The first-order chi connectivity index (χ1) is 11.9. The van der Waals surface area contributed by atoms with Crippen molar-refractivity contribution in [3.8, 4) is 0 Å². The molecule has 1 fully saturated rings. The number of nitrogens with one attached hydrogen (secondary N) is 2. The van der Waals surface area contributed by atoms with Crippen LogP contribution in [-0.2, 0) is 18.3 Å². The second kappa shape index (κ2) is 7.00. The van der Waals surface area contributed by atoms with Crippen LogP contribution >= 0.6 is 0 Å². The predicted molar refractivity (Wildman–Crippen MR) is 97.8 cm³/mol. The molecule has 1 amide bonds. The maximum Gasteiger partial charge on any atom is 0.273 e. The molecule has 0 unspecified atom stereocenters. The molecule has 7 heteroatoms. The van der Waals surface area contributed by atoms with Gasteiger partial charge in [0.05, 0.1) is 11.8 Å². The van der Waals surface area contributed by atoms with Crippen LogP contribution in [0, 0.1) is 13.8 Å². The van der Waals surface area contributed by atoms with Gasteiger partial charge in [-0.1, -0.05) is 6.92 Å². The highest BCUT2D eigenvalue weighted by molar-refractivity contribution is 5.84. The Balaban J connectivity index is 1.79. The summed E-state index contributed by atoms with van der Waals surface area (Å²) in [6.07, 6.45) is 2.40. The molecule has 0 spiro atoms. The van der Waals surface area contributed by atoms with E-state index in [2.05, 4.69) is 27.2 Å². The molecule has 1 aliphatic rings. The van der Waals surface area contributed by atoms with Crippen LogP contribution in [0.5, 0.6) is 0 Å². The summed E-state index contributed by atoms with van der Waals surface area (Å²) in [7, 11) is 1.77. The molecule has 25 heavy (non-hydrogen) atoms. The van der Waals surface area contributed by atoms with Gasteiger partial charge < -0.3 is 10.2 Å². The standard InChI is InChI=1S/C18H27N5O2/c1-5-23-8-6-7-13(10-23)20-15(24)9-14-11(2)16-17(19-12(14)3)22(4)21-18(16)25/h13H,5-10H2,1-4H3,(H,20,24)(H,21,25)/t13-/m1/s1. The summed E-state index contributed by atoms with van der Waals surface area (Å²) in [6, 6.07) is 0.207. The highest BCUT2D eigenvalue weighted by atomic mass is 16.1. The molecule has 0 aromatic carbocycles. The van der Waals surface area contributed by atoms with Crippen LogP contribution in [0.25, 0.3) is 11.0 Å². The molecule has 2 aromatic heterocycles. The molecule has 0 radical (unpaired) electrons. The molecular formula is C18H27N5O2. The number of hydrogen-bond donors (Lipinski definition) is 2. The smallest absolute Gasteiger partial charge is 0.273 e. The Bertz CT molecular complexity index is 851. The summed E-state index contributed by atoms with van der Waals surface area (Å²) in [5, 5.41) is 6.46. The lowest BCUT2D eigenvalue weighted by atomic mass is 10.0. The molecule has 136 valence electrons. The van der Waals surface area contributed by atoms with Crippen molar-refractivity contribution >= 4 is 16.9 Å². The van der Waals surface area contributed by atoms with Crippen molar-refractivity contribution < 1.29 is 4.79 Å². The minimum absolute atomic E-state index is 0.00247. The van der Waals surface area contributed by atoms with Gasteiger partial charge in [0.1, 0.15) is 0 Å². The Morgan fingerprint density at radius 1 is 1.40 bits per heavy atom. The summed E-state index contributed by atoms with van der Waals surface area (Å²) in [5.74, 6) is 0.00247. The average molecular weight is 345 g/mol. The first-order valence-corrected chi connectivity index (χ1v) is 8.97. The van der Waals surface area contributed by atoms with Gasteiger partial charge in [-0.25, -0.2) is 4.98 Å². The summed E-state index contributed by atoms with van der Waals surface area (Å²) < 4.78 is 1.63. The summed E-state index contributed by atoms with van der Waals surface area (Å²) >= 11 is 0. The molecule has 1 saturated heterocycles. The summed E-state index contributed by atoms with van der Waals surface area (Å²) in [5.41, 5.74) is 2.97. The second-order valence-electron chi connectivity index (χ2n) is 6.98. The molecule has 3 rings (SSSR count). The minimum atomic E-state index is -0.157. The quantitative estimate of drug-likeness (QED) is 0.867. The third-order valence-electron chi connectivity index (χ3n) is 5.23. The third kappa shape index (κ3) is 3.46. The van der Waals surface area contributed by atoms with Crippen molar-refractivity contribution in [3.63, 3.8) is 0 Å². The first-order valence-electron chi connectivity index (χ1n) is 8.97. The molecule has 1 aliphatic heterocycles. The predicted octanol–water partition coefficient (Wildman–Crippen LogP) is 1.02. The lowest BCUT2D eigenvalue weighted by Gasteiger charge is -2.32. The van der Waals surface area contributed by atoms with E-state index >= 15 is 0 Å². The topological polar surface area (TPSA) is 83.0 Å². The van der Waals surface area contributed by atoms with Gasteiger partial charge in [-0.05, 0) is 50.9 Å². The fourth-order valence-corrected chi connectivity index (χ4v) is 3.81. The van der Waals surface area contributed by atoms with Gasteiger partial charge in [-0.2, -0.15) is 0 Å². The maximum atomic E-state index is 12.6. The number of aromatic amines is 1. The molecular weight excluding hydrogens is 318 g/mol. The third-order valence-corrected chi connectivity index (χ3v) is 5.23. The van der Waals surface area contributed by atoms with Gasteiger partial charge in [-0.15, -0.1) is 0 Å². The second-order valence-corrected chi connectivity index (χ2v) is 6.98. The molecule has 1 atom stereocenters. The van der Waals surface area contributed by atoms with Crippen molar-refractivity contribution in [3.05, 3.63) is 27.2 Å². The lowest BCUT2D eigenvalue weighted by molar-refractivity contribution is -0.121. The lowest BCUT2D eigenvalue weighted by Crippen LogP contribution is -2.48. The van der Waals surface area contributed by atoms with Crippen LogP contribution < -0.4 is 10.9 Å². The highest BCUT2D eigenvalue weighted by Gasteiger charge is 2.22. The van der Waals surface area contributed by atoms with Gasteiger partial charge in [0.2, 0.25) is 5.91 Å². The minimum Gasteiger partial charge on any atom is -0.352 e. The molecule has 0 saturated carbocycles. The molecule has 0 bridgehead atoms. The number of hydrogen-bond acceptors (Lipinski definition) is 4. The molecule has 2 N–H and O–H groups in total. The van der Waals surface area contributed by atoms with E-state index in [4.69, 9.17) is 0 Å². The molecule has 3 heterocycles. The number of carbonyl (C=O) groups is 1. The molecule has 0 aliphatic carbocycles. The molecule has 7 nitrogen and oxygen atoms in total. The van der Waals surface area contributed by atoms with E-state index in [9.17, 15) is 9.59 Å². The van der Waals surface area contributed by atoms with Crippen LogP contribution in [0.15, 0.2) is 4.79 Å². The van der Waals surface area contributed by atoms with Crippen LogP contribution in [0.3, 0.4) is 0 Å². The van der Waals surface area contributed by atoms with Crippen LogP contribution in [0.1, 0.15) is 36.6 Å². The van der Waals surface area contributed by atoms with Crippen molar-refractivity contribution in [1.29, 1.82) is 0 Å². The van der Waals surface area contributed by atoms with Crippen molar-refractivity contribution in [1.82, 2.24) is 25.0 Å². The Labute approximate surface area is 147 Å². The largest absolute Gasteiger partial charge is 0.352 e. The van der Waals surface area contributed by atoms with E-state index in [-0.39, 0.29) is 23.9 Å². The van der Waals surface area contributed by atoms with E-state index in [0.717, 1.165) is 49.3 Å². The van der Waals surface area contributed by atoms with Crippen molar-refractivity contribution in [2.24, 2.45) is 7.05 Å². The number of piperidine rings is 1. The number of rotatable bonds is 4. The van der Waals surface area contributed by atoms with Crippen LogP contribution in [0.4, 0.5) is 0 Å². The number of likely N-dealkylation sites (N-methyl/N-ethyl adjacent to an activating group) is 1. The number of amides is 1. The van der Waals surface area contributed by atoms with Crippen molar-refractivity contribution in [2.45, 2.75) is 46.1 Å². The summed E-state index contributed by atoms with van der Waals surface area (Å²) in [6.45, 7) is 8.98. The van der Waals surface area contributed by atoms with Crippen LogP contribution in [-0.4, -0.2) is 51.2 Å². The Kier molecular flexibility index (Phi) is 4.94. The normalized spacial score (nSPS) is 18.6. The number of likely N-dealkylation sites (tertiary alicyclic amines) is 1. The first kappa shape index (κ1) is 17.7. The van der Waals surface area contributed by atoms with Crippen LogP contribution in [0.2, 0.25) is 0 Å². The maximum absolute atomic E-state index is 12.6. The van der Waals surface area contributed by atoms with Gasteiger partial charge in [0.25, 0.3) is 5.56 Å². The van der Waals surface area contributed by atoms with E-state index < -0.39 is 0 Å². The zero-order valence-corrected chi connectivity index (χ0v) is 15.5. The van der Waals surface area contributed by atoms with Gasteiger partial charge >= 0.3 is 0 Å². The summed E-state index contributed by atoms with van der Waals surface area (Å²) in [4.78, 5) is 31.6. The zero-order chi connectivity index (χ0) is 18.1. The fraction of sp³-hybridized carbons (Fsp3) is 0.611. The number of aromatic nitrogens is 3. The number of pyridine rings is 1. The van der Waals surface area contributed by atoms with Gasteiger partial charge in [-0.3, -0.25) is 19.4 Å². The number of carbonyl (C=O) groups excluding carboxylic acids is 1. The van der Waals surface area contributed by atoms with Gasteiger partial charge in [0, 0.05) is 25.3 Å². The fourth-order valence-electron chi connectivity index (χ4n) is 3.81. The van der Waals surface area contributed by atoms with E-state index in [0.29, 0.717) is 11.0 Å². The highest BCUT2D eigenvalue weighted by Crippen LogP contribution is 2.20. The van der Waals surface area contributed by atoms with E-state index in [1.165, 1.54) is 0 Å². The number of fused-ring (bicyclic) bond motifs is 1. The Morgan fingerprint density at radius 3 is 2.88 bits per heavy atom. The zero-order valence-electron chi connectivity index (χ0n) is 15.5. The number of H-pyrrole nitrogens is 1. The number of nitrogens with zero attached hydrogens (tertiary/aromatic N) is 3. The SMILES string of the molecule is CCN1CCC[C@@H](NC(=O)Cc2c(C)nc3c(c2C)c(=O)[nH]n3C)C1. The Hall–Kier alpha value is -2.15. The Morgan fingerprint density at radius 2 is 2.16 bits per heavy atom. The average Bonchev–Trinajstić information content (AvgIpc) is 2.85. The van der Waals surface area contributed by atoms with E-state index in [1.54, 1.807) is 11.7 Å². The van der Waals surface area contributed by atoms with Gasteiger partial charge in [0.15, 0.2) is 5.65 Å². The van der Waals surface area contributed by atoms with Crippen molar-refractivity contribution in [2.75, 3.05) is 19.6 Å².